The molecule has 4 rings (SSSR count). The average molecular weight is 478 g/mol. The first kappa shape index (κ1) is 16.2. The Morgan fingerprint density at radius 2 is 1.83 bits per heavy atom. The largest absolute Gasteiger partial charge is 0.738 e. The molecule has 0 aliphatic carbocycles. The van der Waals surface area contributed by atoms with Crippen molar-refractivity contribution in [2.45, 2.75) is 0 Å². The van der Waals surface area contributed by atoms with Crippen molar-refractivity contribution < 1.29 is 17.5 Å². The minimum Gasteiger partial charge on any atom is -0.389 e. The zero-order valence-electron chi connectivity index (χ0n) is 11.8. The van der Waals surface area contributed by atoms with E-state index in [1.54, 1.807) is 30.4 Å². The van der Waals surface area contributed by atoms with Gasteiger partial charge in [0.25, 0.3) is 0 Å². The molecule has 0 fully saturated rings. The molecule has 0 amide bonds. The van der Waals surface area contributed by atoms with Crippen LogP contribution in [-0.2, 0) is 0 Å². The Morgan fingerprint density at radius 3 is 2.54 bits per heavy atom. The van der Waals surface area contributed by atoms with Crippen LogP contribution >= 0.6 is 43.5 Å². The molecular weight excluding hydrogens is 471 g/mol. The van der Waals surface area contributed by atoms with E-state index in [1.165, 1.54) is 12.1 Å². The van der Waals surface area contributed by atoms with Crippen molar-refractivity contribution >= 4 is 60.6 Å². The van der Waals surface area contributed by atoms with Crippen molar-refractivity contribution in [3.63, 3.8) is 0 Å². The van der Waals surface area contributed by atoms with Crippen molar-refractivity contribution in [1.29, 1.82) is 0 Å². The van der Waals surface area contributed by atoms with Gasteiger partial charge in [-0.25, -0.2) is 4.39 Å². The summed E-state index contributed by atoms with van der Waals surface area (Å²) in [6.07, 6.45) is 3.14. The molecule has 0 saturated carbocycles. The van der Waals surface area contributed by atoms with Gasteiger partial charge < -0.3 is 17.6 Å². The van der Waals surface area contributed by atoms with Crippen LogP contribution in [0, 0.1) is 5.82 Å². The maximum atomic E-state index is 15.0. The highest BCUT2D eigenvalue weighted by molar-refractivity contribution is 9.18. The smallest absolute Gasteiger partial charge is 0.389 e. The quantitative estimate of drug-likeness (QED) is 0.485. The van der Waals surface area contributed by atoms with E-state index in [9.17, 15) is 4.39 Å². The number of hydrogen-bond acceptors (Lipinski definition) is 0. The second-order valence-corrected chi connectivity index (χ2v) is 7.45. The van der Waals surface area contributed by atoms with Crippen LogP contribution in [0.4, 0.5) is 13.0 Å². The Labute approximate surface area is 157 Å². The van der Waals surface area contributed by atoms with Gasteiger partial charge in [0.2, 0.25) is 4.62 Å². The standard InChI is InChI=1S/C15H7BBr2ClF3N2/c17-13-5-3-11-15(8-1-2-9(19)10(20)7-8)12-4-6-14(18)24(12)16(21,22)23(11)13/h1-7H. The third-order valence-electron chi connectivity index (χ3n) is 4.08. The second kappa shape index (κ2) is 5.38. The summed E-state index contributed by atoms with van der Waals surface area (Å²) in [5.74, 6) is -0.598. The number of rotatable bonds is 1. The highest BCUT2D eigenvalue weighted by Gasteiger charge is 2.54. The fraction of sp³-hybridized carbons (Fsp3) is 0. The minimum atomic E-state index is -4.08. The number of allylic oxidation sites excluding steroid dienone is 2. The predicted molar refractivity (Wildman–Crippen MR) is 96.3 cm³/mol. The highest BCUT2D eigenvalue weighted by atomic mass is 79.9. The van der Waals surface area contributed by atoms with Crippen LogP contribution in [0.2, 0.25) is 5.02 Å². The molecule has 0 N–H and O–H groups in total. The van der Waals surface area contributed by atoms with E-state index >= 15 is 8.63 Å². The van der Waals surface area contributed by atoms with E-state index in [0.29, 0.717) is 22.5 Å². The summed E-state index contributed by atoms with van der Waals surface area (Å²) >= 11 is 12.1. The molecule has 3 heterocycles. The topological polar surface area (TPSA) is 7.94 Å². The number of nitrogens with zero attached hydrogens (tertiary/aromatic N) is 2. The first-order valence-electron chi connectivity index (χ1n) is 6.91. The van der Waals surface area contributed by atoms with Crippen LogP contribution in [0.1, 0.15) is 11.3 Å². The van der Waals surface area contributed by atoms with Crippen LogP contribution in [0.3, 0.4) is 0 Å². The summed E-state index contributed by atoms with van der Waals surface area (Å²) in [5, 5.41) is -0.0159. The Kier molecular flexibility index (Phi) is 3.64. The zero-order chi connectivity index (χ0) is 17.2. The second-order valence-electron chi connectivity index (χ2n) is 5.41. The Hall–Kier alpha value is -1.25. The zero-order valence-corrected chi connectivity index (χ0v) is 15.7. The van der Waals surface area contributed by atoms with Gasteiger partial charge in [0.05, 0.1) is 15.2 Å². The Morgan fingerprint density at radius 1 is 1.08 bits per heavy atom. The van der Waals surface area contributed by atoms with E-state index in [0.717, 1.165) is 8.96 Å². The summed E-state index contributed by atoms with van der Waals surface area (Å²) in [5.41, 5.74) is 1.61. The number of halogens is 6. The van der Waals surface area contributed by atoms with Crippen LogP contribution in [0.15, 0.2) is 52.8 Å². The summed E-state index contributed by atoms with van der Waals surface area (Å²) in [6.45, 7) is -4.08. The lowest BCUT2D eigenvalue weighted by molar-refractivity contribution is -0.358. The summed E-state index contributed by atoms with van der Waals surface area (Å²) in [4.78, 5) is 0. The van der Waals surface area contributed by atoms with E-state index in [2.05, 4.69) is 31.9 Å². The van der Waals surface area contributed by atoms with Gasteiger partial charge in [0, 0.05) is 33.8 Å². The molecule has 2 nitrogen and oxygen atoms in total. The molecule has 2 aliphatic heterocycles. The average Bonchev–Trinajstić information content (AvgIpc) is 3.08. The van der Waals surface area contributed by atoms with Gasteiger partial charge in [-0.3, -0.25) is 0 Å². The predicted octanol–water partition coefficient (Wildman–Crippen LogP) is 5.41. The van der Waals surface area contributed by atoms with Gasteiger partial charge in [-0.1, -0.05) is 17.7 Å². The first-order chi connectivity index (χ1) is 11.3. The van der Waals surface area contributed by atoms with Gasteiger partial charge in [-0.2, -0.15) is 0 Å². The minimum absolute atomic E-state index is 0.0159. The van der Waals surface area contributed by atoms with Crippen molar-refractivity contribution in [1.82, 2.24) is 4.48 Å². The number of hydrogen-bond donors (Lipinski definition) is 0. The molecule has 2 aromatic rings. The van der Waals surface area contributed by atoms with Crippen molar-refractivity contribution in [2.75, 3.05) is 0 Å². The van der Waals surface area contributed by atoms with Crippen molar-refractivity contribution in [3.8, 4) is 0 Å². The Balaban J connectivity index is 2.10. The summed E-state index contributed by atoms with van der Waals surface area (Å²) in [6, 6.07) is 7.43. The molecule has 0 atom stereocenters. The molecule has 122 valence electrons. The molecule has 0 radical (unpaired) electrons. The third-order valence-corrected chi connectivity index (χ3v) is 5.68. The van der Waals surface area contributed by atoms with Crippen LogP contribution < -0.4 is 0 Å². The molecular formula is C15H7BBr2ClF3N2. The molecule has 1 aromatic carbocycles. The number of fused-ring (bicyclic) bond motifs is 2. The lowest BCUT2D eigenvalue weighted by Gasteiger charge is -2.32. The molecule has 1 aromatic heterocycles. The van der Waals surface area contributed by atoms with Gasteiger partial charge in [0.1, 0.15) is 5.82 Å². The van der Waals surface area contributed by atoms with E-state index < -0.39 is 12.8 Å². The maximum absolute atomic E-state index is 15.0. The SMILES string of the molecule is Fc1cc(C2=C3C=CC(Br)=[N+]3[B-](F)(F)n3c(Br)ccc32)ccc1Cl. The molecule has 2 aliphatic rings. The number of aromatic nitrogens is 1. The molecule has 0 saturated heterocycles. The van der Waals surface area contributed by atoms with Crippen LogP contribution in [0.5, 0.6) is 0 Å². The van der Waals surface area contributed by atoms with E-state index in [4.69, 9.17) is 11.6 Å². The first-order valence-corrected chi connectivity index (χ1v) is 8.88. The van der Waals surface area contributed by atoms with Crippen LogP contribution in [0.25, 0.3) is 5.57 Å². The lowest BCUT2D eigenvalue weighted by Crippen LogP contribution is -2.50. The summed E-state index contributed by atoms with van der Waals surface area (Å²) < 4.78 is 46.3. The van der Waals surface area contributed by atoms with Gasteiger partial charge in [0.15, 0.2) is 5.70 Å². The molecule has 9 heteroatoms. The third kappa shape index (κ3) is 2.12. The van der Waals surface area contributed by atoms with Gasteiger partial charge in [-0.15, -0.1) is 0 Å². The normalized spacial score (nSPS) is 18.2. The summed E-state index contributed by atoms with van der Waals surface area (Å²) in [7, 11) is 0. The van der Waals surface area contributed by atoms with Gasteiger partial charge in [-0.05, 0) is 45.8 Å². The number of benzene rings is 1. The van der Waals surface area contributed by atoms with Crippen molar-refractivity contribution in [2.24, 2.45) is 0 Å². The molecule has 24 heavy (non-hydrogen) atoms. The van der Waals surface area contributed by atoms with E-state index in [-0.39, 0.29) is 14.2 Å². The molecule has 0 unspecified atom stereocenters. The molecule has 0 bridgehead atoms. The maximum Gasteiger partial charge on any atom is 0.738 e. The van der Waals surface area contributed by atoms with Crippen LogP contribution in [-0.4, -0.2) is 20.6 Å². The lowest BCUT2D eigenvalue weighted by atomic mass is 9.86. The van der Waals surface area contributed by atoms with Crippen molar-refractivity contribution in [3.05, 3.63) is 74.9 Å². The van der Waals surface area contributed by atoms with E-state index in [1.807, 2.05) is 0 Å². The fourth-order valence-electron chi connectivity index (χ4n) is 3.08. The highest BCUT2D eigenvalue weighted by Crippen LogP contribution is 2.42. The van der Waals surface area contributed by atoms with Gasteiger partial charge >= 0.3 is 6.97 Å². The monoisotopic (exact) mass is 476 g/mol. The fourth-order valence-corrected chi connectivity index (χ4v) is 4.34. The molecule has 0 spiro atoms. The Bertz CT molecular complexity index is 995.